The number of carboxylic acid groups (broad SMARTS) is 2. The molecule has 0 spiro atoms. The van der Waals surface area contributed by atoms with Gasteiger partial charge >= 0.3 is 11.9 Å². The number of aliphatic carboxylic acids is 2. The second-order valence-electron chi connectivity index (χ2n) is 5.94. The first-order valence-electron chi connectivity index (χ1n) is 7.65. The summed E-state index contributed by atoms with van der Waals surface area (Å²) in [4.78, 5) is 32.0. The Labute approximate surface area is 144 Å². The molecule has 0 amide bonds. The van der Waals surface area contributed by atoms with Crippen LogP contribution in [0.4, 0.5) is 0 Å². The summed E-state index contributed by atoms with van der Waals surface area (Å²) < 4.78 is 0. The fraction of sp³-hybridized carbons (Fsp3) is 0.150. The van der Waals surface area contributed by atoms with Crippen LogP contribution in [0.25, 0.3) is 10.8 Å². The summed E-state index contributed by atoms with van der Waals surface area (Å²) >= 11 is 0. The quantitative estimate of drug-likeness (QED) is 0.833. The molecule has 2 aromatic rings. The third-order valence-electron chi connectivity index (χ3n) is 4.03. The van der Waals surface area contributed by atoms with E-state index in [1.807, 2.05) is 42.5 Å². The molecule has 0 fully saturated rings. The van der Waals surface area contributed by atoms with Crippen LogP contribution in [0.2, 0.25) is 0 Å². The van der Waals surface area contributed by atoms with Crippen LogP contribution in [0.1, 0.15) is 23.7 Å². The van der Waals surface area contributed by atoms with E-state index in [4.69, 9.17) is 10.2 Å². The number of carbonyl (C=O) groups is 3. The van der Waals surface area contributed by atoms with Crippen molar-refractivity contribution in [3.63, 3.8) is 0 Å². The molecule has 25 heavy (non-hydrogen) atoms. The van der Waals surface area contributed by atoms with Gasteiger partial charge in [0, 0.05) is 11.1 Å². The second kappa shape index (κ2) is 7.57. The van der Waals surface area contributed by atoms with E-state index in [0.29, 0.717) is 0 Å². The number of carboxylic acids is 2. The van der Waals surface area contributed by atoms with E-state index in [-0.39, 0.29) is 12.0 Å². The predicted octanol–water partition coefficient (Wildman–Crippen LogP) is 3.70. The molecule has 2 N–H and O–H groups in total. The molecule has 1 aliphatic carbocycles. The standard InChI is InChI=1S/C11H8O.C9H10O4/c12-8-10-6-3-5-9-4-1-2-7-11(9)10;1-9(8(12)13)4-2-3-6(5-9)7(10)11/h1-8H;2-4H,5H2,1H3,(H,10,11)(H,12,13). The minimum absolute atomic E-state index is 0.0359. The maximum Gasteiger partial charge on any atom is 0.331 e. The zero-order valence-electron chi connectivity index (χ0n) is 13.7. The third-order valence-corrected chi connectivity index (χ3v) is 4.03. The van der Waals surface area contributed by atoms with Gasteiger partial charge in [-0.3, -0.25) is 9.59 Å². The molecule has 0 saturated carbocycles. The van der Waals surface area contributed by atoms with Crippen LogP contribution in [0.15, 0.2) is 66.3 Å². The van der Waals surface area contributed by atoms with Crippen molar-refractivity contribution in [3.05, 3.63) is 71.8 Å². The Morgan fingerprint density at radius 3 is 2.40 bits per heavy atom. The first-order chi connectivity index (χ1) is 11.9. The Morgan fingerprint density at radius 1 is 1.08 bits per heavy atom. The predicted molar refractivity (Wildman–Crippen MR) is 94.6 cm³/mol. The van der Waals surface area contributed by atoms with Crippen molar-refractivity contribution in [1.29, 1.82) is 0 Å². The molecule has 0 saturated heterocycles. The van der Waals surface area contributed by atoms with Crippen LogP contribution in [0, 0.1) is 5.41 Å². The molecule has 0 aromatic heterocycles. The molecule has 0 radical (unpaired) electrons. The Hall–Kier alpha value is -3.21. The van der Waals surface area contributed by atoms with E-state index in [2.05, 4.69) is 0 Å². The molecule has 2 aromatic carbocycles. The first kappa shape index (κ1) is 18.1. The summed E-state index contributed by atoms with van der Waals surface area (Å²) in [5, 5.41) is 19.6. The molecule has 5 nitrogen and oxygen atoms in total. The number of benzene rings is 2. The number of aldehydes is 1. The van der Waals surface area contributed by atoms with Gasteiger partial charge in [0.05, 0.1) is 5.41 Å². The zero-order valence-corrected chi connectivity index (χ0v) is 13.7. The van der Waals surface area contributed by atoms with E-state index in [1.54, 1.807) is 0 Å². The van der Waals surface area contributed by atoms with Crippen molar-refractivity contribution in [2.45, 2.75) is 13.3 Å². The highest BCUT2D eigenvalue weighted by Crippen LogP contribution is 2.31. The largest absolute Gasteiger partial charge is 0.481 e. The Balaban J connectivity index is 0.000000181. The molecule has 3 rings (SSSR count). The number of hydrogen-bond acceptors (Lipinski definition) is 3. The molecule has 0 heterocycles. The number of hydrogen-bond donors (Lipinski definition) is 2. The maximum absolute atomic E-state index is 10.8. The van der Waals surface area contributed by atoms with Gasteiger partial charge in [-0.1, -0.05) is 60.7 Å². The molecular weight excluding hydrogens is 320 g/mol. The van der Waals surface area contributed by atoms with Crippen molar-refractivity contribution in [2.24, 2.45) is 5.41 Å². The number of rotatable bonds is 3. The molecule has 128 valence electrons. The summed E-state index contributed by atoms with van der Waals surface area (Å²) in [5.41, 5.74) is -0.192. The van der Waals surface area contributed by atoms with Crippen LogP contribution in [-0.4, -0.2) is 28.4 Å². The second-order valence-corrected chi connectivity index (χ2v) is 5.94. The van der Waals surface area contributed by atoms with Gasteiger partial charge in [0.15, 0.2) is 6.29 Å². The fourth-order valence-corrected chi connectivity index (χ4v) is 2.54. The van der Waals surface area contributed by atoms with Crippen LogP contribution in [0.3, 0.4) is 0 Å². The van der Waals surface area contributed by atoms with Crippen LogP contribution >= 0.6 is 0 Å². The average Bonchev–Trinajstić information content (AvgIpc) is 2.61. The zero-order chi connectivity index (χ0) is 18.4. The lowest BCUT2D eigenvalue weighted by atomic mass is 9.80. The average molecular weight is 338 g/mol. The smallest absolute Gasteiger partial charge is 0.331 e. The lowest BCUT2D eigenvalue weighted by Crippen LogP contribution is -2.28. The SMILES string of the molecule is CC1(C(=O)O)C=CC=C(C(=O)O)C1.O=Cc1cccc2ccccc12. The van der Waals surface area contributed by atoms with Gasteiger partial charge in [-0.2, -0.15) is 0 Å². The summed E-state index contributed by atoms with van der Waals surface area (Å²) in [5.74, 6) is -2.06. The summed E-state index contributed by atoms with van der Waals surface area (Å²) in [6.45, 7) is 1.50. The van der Waals surface area contributed by atoms with Crippen LogP contribution in [0.5, 0.6) is 0 Å². The molecule has 1 atom stereocenters. The topological polar surface area (TPSA) is 91.7 Å². The minimum atomic E-state index is -1.08. The van der Waals surface area contributed by atoms with Crippen molar-refractivity contribution < 1.29 is 24.6 Å². The molecule has 0 bridgehead atoms. The van der Waals surface area contributed by atoms with Gasteiger partial charge < -0.3 is 10.2 Å². The van der Waals surface area contributed by atoms with Gasteiger partial charge in [-0.15, -0.1) is 0 Å². The molecular formula is C20H18O5. The Kier molecular flexibility index (Phi) is 5.49. The van der Waals surface area contributed by atoms with Crippen molar-refractivity contribution in [2.75, 3.05) is 0 Å². The number of fused-ring (bicyclic) bond motifs is 1. The minimum Gasteiger partial charge on any atom is -0.481 e. The van der Waals surface area contributed by atoms with E-state index in [0.717, 1.165) is 22.6 Å². The summed E-state index contributed by atoms with van der Waals surface area (Å²) in [6.07, 6.45) is 5.33. The normalized spacial score (nSPS) is 18.7. The Bertz CT molecular complexity index is 873. The lowest BCUT2D eigenvalue weighted by molar-refractivity contribution is -0.145. The fourth-order valence-electron chi connectivity index (χ4n) is 2.54. The van der Waals surface area contributed by atoms with Crippen molar-refractivity contribution in [3.8, 4) is 0 Å². The highest BCUT2D eigenvalue weighted by molar-refractivity contribution is 5.97. The Morgan fingerprint density at radius 2 is 1.76 bits per heavy atom. The monoisotopic (exact) mass is 338 g/mol. The molecule has 1 unspecified atom stereocenters. The maximum atomic E-state index is 10.8. The number of allylic oxidation sites excluding steroid dienone is 2. The number of carbonyl (C=O) groups excluding carboxylic acids is 1. The highest BCUT2D eigenvalue weighted by Gasteiger charge is 2.34. The molecule has 0 aliphatic heterocycles. The van der Waals surface area contributed by atoms with Gasteiger partial charge in [0.2, 0.25) is 0 Å². The van der Waals surface area contributed by atoms with E-state index < -0.39 is 17.4 Å². The summed E-state index contributed by atoms with van der Waals surface area (Å²) in [7, 11) is 0. The van der Waals surface area contributed by atoms with Crippen LogP contribution < -0.4 is 0 Å². The van der Waals surface area contributed by atoms with E-state index in [1.165, 1.54) is 25.2 Å². The third kappa shape index (κ3) is 4.20. The van der Waals surface area contributed by atoms with Crippen molar-refractivity contribution >= 4 is 29.0 Å². The van der Waals surface area contributed by atoms with Gasteiger partial charge in [0.25, 0.3) is 0 Å². The van der Waals surface area contributed by atoms with Gasteiger partial charge in [-0.05, 0) is 24.1 Å². The lowest BCUT2D eigenvalue weighted by Gasteiger charge is -2.23. The molecule has 5 heteroatoms. The van der Waals surface area contributed by atoms with Crippen LogP contribution in [-0.2, 0) is 9.59 Å². The van der Waals surface area contributed by atoms with Gasteiger partial charge in [-0.25, -0.2) is 4.79 Å². The van der Waals surface area contributed by atoms with E-state index >= 15 is 0 Å². The summed E-state index contributed by atoms with van der Waals surface area (Å²) in [6, 6.07) is 13.6. The van der Waals surface area contributed by atoms with E-state index in [9.17, 15) is 14.4 Å². The van der Waals surface area contributed by atoms with Gasteiger partial charge in [0.1, 0.15) is 0 Å². The first-order valence-corrected chi connectivity index (χ1v) is 7.65. The molecule has 1 aliphatic rings. The highest BCUT2D eigenvalue weighted by atomic mass is 16.4. The van der Waals surface area contributed by atoms with Crippen molar-refractivity contribution in [1.82, 2.24) is 0 Å².